The lowest BCUT2D eigenvalue weighted by Crippen LogP contribution is -2.27. The van der Waals surface area contributed by atoms with Crippen molar-refractivity contribution in [3.8, 4) is 0 Å². The fourth-order valence-corrected chi connectivity index (χ4v) is 1.47. The maximum absolute atomic E-state index is 11.5. The monoisotopic (exact) mass is 378 g/mol. The molecule has 0 rings (SSSR count). The normalized spacial score (nSPS) is 11.3. The molecule has 0 aliphatic rings. The van der Waals surface area contributed by atoms with Gasteiger partial charge in [-0.05, 0) is 19.8 Å². The van der Waals surface area contributed by atoms with E-state index >= 15 is 0 Å². The van der Waals surface area contributed by atoms with Gasteiger partial charge in [0.05, 0.1) is 26.4 Å². The number of hydrogen-bond acceptors (Lipinski definition) is 9. The predicted octanol–water partition coefficient (Wildman–Crippen LogP) is 2.84. The maximum atomic E-state index is 11.5. The van der Waals surface area contributed by atoms with Crippen LogP contribution in [-0.4, -0.2) is 64.0 Å². The van der Waals surface area contributed by atoms with Crippen molar-refractivity contribution in [2.24, 2.45) is 0 Å². The largest absolute Gasteiger partial charge is 0.509 e. The minimum absolute atomic E-state index is 0.0377. The lowest BCUT2D eigenvalue weighted by molar-refractivity contribution is -0.154. The first-order valence-corrected chi connectivity index (χ1v) is 8.88. The van der Waals surface area contributed by atoms with Gasteiger partial charge in [-0.2, -0.15) is 0 Å². The maximum Gasteiger partial charge on any atom is 0.509 e. The van der Waals surface area contributed by atoms with Crippen LogP contribution in [0.2, 0.25) is 0 Å². The summed E-state index contributed by atoms with van der Waals surface area (Å²) < 4.78 is 29.1. The van der Waals surface area contributed by atoms with Crippen LogP contribution in [0.3, 0.4) is 0 Å². The van der Waals surface area contributed by atoms with Crippen LogP contribution >= 0.6 is 0 Å². The summed E-state index contributed by atoms with van der Waals surface area (Å²) in [4.78, 5) is 34.0. The summed E-state index contributed by atoms with van der Waals surface area (Å²) in [5.74, 6) is -0.616. The van der Waals surface area contributed by atoms with Crippen molar-refractivity contribution in [3.05, 3.63) is 0 Å². The molecular weight excluding hydrogens is 348 g/mol. The van der Waals surface area contributed by atoms with E-state index in [1.807, 2.05) is 13.8 Å². The van der Waals surface area contributed by atoms with Gasteiger partial charge in [0.2, 0.25) is 0 Å². The minimum atomic E-state index is -1.03. The fourth-order valence-electron chi connectivity index (χ4n) is 1.47. The highest BCUT2D eigenvalue weighted by Gasteiger charge is 2.19. The smallest absolute Gasteiger partial charge is 0.463 e. The molecule has 1 atom stereocenters. The van der Waals surface area contributed by atoms with E-state index in [2.05, 4.69) is 0 Å². The molecule has 0 aromatic heterocycles. The predicted molar refractivity (Wildman–Crippen MR) is 90.8 cm³/mol. The first-order chi connectivity index (χ1) is 12.5. The van der Waals surface area contributed by atoms with Crippen LogP contribution < -0.4 is 0 Å². The van der Waals surface area contributed by atoms with Crippen molar-refractivity contribution in [3.63, 3.8) is 0 Å². The van der Waals surface area contributed by atoms with Crippen LogP contribution in [0.1, 0.15) is 46.5 Å². The molecule has 0 aromatic carbocycles. The average molecular weight is 378 g/mol. The van der Waals surface area contributed by atoms with Gasteiger partial charge >= 0.3 is 18.3 Å². The van der Waals surface area contributed by atoms with Crippen LogP contribution in [0.25, 0.3) is 0 Å². The van der Waals surface area contributed by atoms with Gasteiger partial charge in [0.25, 0.3) is 0 Å². The zero-order valence-electron chi connectivity index (χ0n) is 15.8. The highest BCUT2D eigenvalue weighted by molar-refractivity contribution is 5.76. The highest BCUT2D eigenvalue weighted by Crippen LogP contribution is 1.99. The second kappa shape index (κ2) is 16.4. The van der Waals surface area contributed by atoms with Gasteiger partial charge in [-0.25, -0.2) is 14.4 Å². The van der Waals surface area contributed by atoms with E-state index in [4.69, 9.17) is 28.4 Å². The standard InChI is InChI=1S/C17H30O9/c1-4-6-8-22-15(18)14(3)26-17(20)25-13-11-21-10-12-24-16(19)23-9-7-5-2/h14H,4-13H2,1-3H3/t14-/m0/s1. The van der Waals surface area contributed by atoms with E-state index in [1.54, 1.807) is 0 Å². The molecule has 9 heteroatoms. The van der Waals surface area contributed by atoms with E-state index < -0.39 is 24.4 Å². The van der Waals surface area contributed by atoms with Crippen molar-refractivity contribution in [2.75, 3.05) is 39.6 Å². The molecule has 0 amide bonds. The molecule has 0 aliphatic carbocycles. The lowest BCUT2D eigenvalue weighted by atomic mass is 10.3. The number of rotatable bonds is 14. The van der Waals surface area contributed by atoms with Gasteiger partial charge in [0.1, 0.15) is 13.2 Å². The molecule has 0 radical (unpaired) electrons. The zero-order valence-corrected chi connectivity index (χ0v) is 15.8. The molecule has 9 nitrogen and oxygen atoms in total. The molecule has 0 heterocycles. The van der Waals surface area contributed by atoms with Crippen molar-refractivity contribution in [1.29, 1.82) is 0 Å². The summed E-state index contributed by atoms with van der Waals surface area (Å²) in [6.45, 7) is 6.20. The summed E-state index contributed by atoms with van der Waals surface area (Å²) in [6, 6.07) is 0. The third kappa shape index (κ3) is 14.3. The first kappa shape index (κ1) is 24.0. The number of carbonyl (C=O) groups excluding carboxylic acids is 3. The Morgan fingerprint density at radius 2 is 1.19 bits per heavy atom. The van der Waals surface area contributed by atoms with Crippen LogP contribution in [0, 0.1) is 0 Å². The van der Waals surface area contributed by atoms with Crippen LogP contribution in [-0.2, 0) is 33.2 Å². The number of hydrogen-bond donors (Lipinski definition) is 0. The summed E-state index contributed by atoms with van der Waals surface area (Å²) in [5.41, 5.74) is 0. The van der Waals surface area contributed by atoms with Gasteiger partial charge in [-0.3, -0.25) is 0 Å². The van der Waals surface area contributed by atoms with E-state index in [1.165, 1.54) is 6.92 Å². The number of unbranched alkanes of at least 4 members (excludes halogenated alkanes) is 2. The summed E-state index contributed by atoms with van der Waals surface area (Å²) >= 11 is 0. The topological polar surface area (TPSA) is 107 Å². The minimum Gasteiger partial charge on any atom is -0.463 e. The Bertz CT molecular complexity index is 398. The van der Waals surface area contributed by atoms with Crippen molar-refractivity contribution in [1.82, 2.24) is 0 Å². The van der Waals surface area contributed by atoms with Crippen LogP contribution in [0.4, 0.5) is 9.59 Å². The van der Waals surface area contributed by atoms with Gasteiger partial charge in [-0.1, -0.05) is 26.7 Å². The molecule has 0 saturated carbocycles. The Morgan fingerprint density at radius 3 is 1.77 bits per heavy atom. The Morgan fingerprint density at radius 1 is 0.692 bits per heavy atom. The van der Waals surface area contributed by atoms with Gasteiger partial charge in [0, 0.05) is 0 Å². The molecule has 0 unspecified atom stereocenters. The van der Waals surface area contributed by atoms with Crippen molar-refractivity contribution in [2.45, 2.75) is 52.6 Å². The zero-order chi connectivity index (χ0) is 19.6. The second-order valence-corrected chi connectivity index (χ2v) is 5.29. The molecule has 0 spiro atoms. The van der Waals surface area contributed by atoms with Crippen LogP contribution in [0.5, 0.6) is 0 Å². The lowest BCUT2D eigenvalue weighted by Gasteiger charge is -2.12. The number of esters is 1. The average Bonchev–Trinajstić information content (AvgIpc) is 2.61. The molecule has 0 bridgehead atoms. The van der Waals surface area contributed by atoms with Gasteiger partial charge < -0.3 is 28.4 Å². The Labute approximate surface area is 154 Å². The van der Waals surface area contributed by atoms with E-state index in [9.17, 15) is 14.4 Å². The van der Waals surface area contributed by atoms with Gasteiger partial charge in [-0.15, -0.1) is 0 Å². The summed E-state index contributed by atoms with van der Waals surface area (Å²) in [5, 5.41) is 0. The highest BCUT2D eigenvalue weighted by atomic mass is 16.7. The molecular formula is C17H30O9. The Balaban J connectivity index is 3.56. The van der Waals surface area contributed by atoms with E-state index in [0.29, 0.717) is 13.2 Å². The third-order valence-electron chi connectivity index (χ3n) is 2.96. The number of carbonyl (C=O) groups is 3. The van der Waals surface area contributed by atoms with Crippen molar-refractivity contribution < 1.29 is 42.8 Å². The molecule has 26 heavy (non-hydrogen) atoms. The van der Waals surface area contributed by atoms with Gasteiger partial charge in [0.15, 0.2) is 6.10 Å². The first-order valence-electron chi connectivity index (χ1n) is 8.88. The van der Waals surface area contributed by atoms with Crippen LogP contribution in [0.15, 0.2) is 0 Å². The molecule has 0 N–H and O–H groups in total. The number of ether oxygens (including phenoxy) is 6. The Hall–Kier alpha value is -2.03. The molecule has 0 aliphatic heterocycles. The van der Waals surface area contributed by atoms with E-state index in [-0.39, 0.29) is 26.4 Å². The Kier molecular flexibility index (Phi) is 15.2. The summed E-state index contributed by atoms with van der Waals surface area (Å²) in [6.07, 6.45) is 0.611. The second-order valence-electron chi connectivity index (χ2n) is 5.29. The molecule has 152 valence electrons. The summed E-state index contributed by atoms with van der Waals surface area (Å²) in [7, 11) is 0. The third-order valence-corrected chi connectivity index (χ3v) is 2.96. The van der Waals surface area contributed by atoms with E-state index in [0.717, 1.165) is 25.7 Å². The molecule has 0 saturated heterocycles. The quantitative estimate of drug-likeness (QED) is 0.256. The SMILES string of the molecule is CCCCOC(=O)OCCOCCOC(=O)O[C@@H](C)C(=O)OCCCC. The molecule has 0 aromatic rings. The fraction of sp³-hybridized carbons (Fsp3) is 0.824. The molecule has 0 fully saturated rings. The van der Waals surface area contributed by atoms with Crippen molar-refractivity contribution >= 4 is 18.3 Å².